The lowest BCUT2D eigenvalue weighted by molar-refractivity contribution is -0.137. The summed E-state index contributed by atoms with van der Waals surface area (Å²) in [5, 5.41) is 15.4. The van der Waals surface area contributed by atoms with Gasteiger partial charge in [0.1, 0.15) is 0 Å². The van der Waals surface area contributed by atoms with Gasteiger partial charge in [0.15, 0.2) is 0 Å². The van der Waals surface area contributed by atoms with Crippen LogP contribution in [0, 0.1) is 6.92 Å². The molecule has 9 N–H and O–H groups in total. The molecule has 2 aliphatic rings. The topological polar surface area (TPSA) is 169 Å². The van der Waals surface area contributed by atoms with E-state index in [2.05, 4.69) is 15.5 Å². The fourth-order valence-electron chi connectivity index (χ4n) is 5.17. The first-order chi connectivity index (χ1) is 20.0. The molecule has 3 atom stereocenters. The molecule has 2 amide bonds. The average molecular weight is 606 g/mol. The van der Waals surface area contributed by atoms with Crippen molar-refractivity contribution in [3.05, 3.63) is 59.2 Å². The van der Waals surface area contributed by atoms with E-state index in [1.165, 1.54) is 12.1 Å². The largest absolute Gasteiger partial charge is 0.492 e. The molecular formula is C29H42BF3N6O4. The third-order valence-electron chi connectivity index (χ3n) is 7.38. The monoisotopic (exact) mass is 606 g/mol. The van der Waals surface area contributed by atoms with Gasteiger partial charge < -0.3 is 42.4 Å². The van der Waals surface area contributed by atoms with Crippen molar-refractivity contribution in [1.29, 1.82) is 0 Å². The fourth-order valence-corrected chi connectivity index (χ4v) is 5.17. The summed E-state index contributed by atoms with van der Waals surface area (Å²) in [6, 6.07) is 9.77. The average Bonchev–Trinajstić information content (AvgIpc) is 3.14. The van der Waals surface area contributed by atoms with Gasteiger partial charge in [-0.3, -0.25) is 9.59 Å². The lowest BCUT2D eigenvalue weighted by Crippen LogP contribution is -2.52. The van der Waals surface area contributed by atoms with Crippen LogP contribution >= 0.6 is 0 Å². The first kappa shape index (κ1) is 34.5. The van der Waals surface area contributed by atoms with Crippen molar-refractivity contribution in [3.63, 3.8) is 0 Å². The van der Waals surface area contributed by atoms with Gasteiger partial charge in [0.25, 0.3) is 0 Å². The van der Waals surface area contributed by atoms with E-state index in [0.29, 0.717) is 17.6 Å². The Bertz CT molecular complexity index is 1240. The number of hydrogen-bond acceptors (Lipinski definition) is 8. The maximum absolute atomic E-state index is 12.2. The number of rotatable bonds is 8. The number of nitrogens with one attached hydrogen (secondary N) is 2. The Morgan fingerprint density at radius 2 is 1.77 bits per heavy atom. The molecule has 0 spiro atoms. The number of anilines is 1. The summed E-state index contributed by atoms with van der Waals surface area (Å²) >= 11 is 0. The minimum Gasteiger partial charge on any atom is -0.423 e. The highest BCUT2D eigenvalue weighted by Gasteiger charge is 2.40. The Balaban J connectivity index is 0.000000386. The molecule has 3 unspecified atom stereocenters. The van der Waals surface area contributed by atoms with E-state index >= 15 is 0 Å². The molecule has 0 radical (unpaired) electrons. The highest BCUT2D eigenvalue weighted by molar-refractivity contribution is 6.62. The number of aryl methyl sites for hydroxylation is 1. The number of likely N-dealkylation sites (tertiary alicyclic amines) is 1. The maximum Gasteiger partial charge on any atom is 0.492 e. The van der Waals surface area contributed by atoms with Crippen LogP contribution in [0.15, 0.2) is 42.5 Å². The third kappa shape index (κ3) is 10.3. The summed E-state index contributed by atoms with van der Waals surface area (Å²) in [7, 11) is -1.04. The Kier molecular flexibility index (Phi) is 11.7. The van der Waals surface area contributed by atoms with Crippen molar-refractivity contribution in [1.82, 2.24) is 10.2 Å². The number of nitrogens with zero attached hydrogens (tertiary/aromatic N) is 1. The molecule has 2 aromatic carbocycles. The molecule has 14 heteroatoms. The summed E-state index contributed by atoms with van der Waals surface area (Å²) in [5.74, 6) is -0.749. The summed E-state index contributed by atoms with van der Waals surface area (Å²) in [6.45, 7) is 7.69. The Morgan fingerprint density at radius 3 is 2.37 bits per heavy atom. The second-order valence-corrected chi connectivity index (χ2v) is 11.7. The van der Waals surface area contributed by atoms with Gasteiger partial charge in [0.2, 0.25) is 11.8 Å². The van der Waals surface area contributed by atoms with Crippen LogP contribution in [0.5, 0.6) is 0 Å². The van der Waals surface area contributed by atoms with Crippen molar-refractivity contribution in [2.24, 2.45) is 17.2 Å². The molecule has 2 heterocycles. The number of halogens is 3. The zero-order valence-electron chi connectivity index (χ0n) is 24.8. The quantitative estimate of drug-likeness (QED) is 0.244. The number of alkyl halides is 3. The third-order valence-corrected chi connectivity index (χ3v) is 7.38. The molecular weight excluding hydrogens is 564 g/mol. The van der Waals surface area contributed by atoms with Crippen LogP contribution < -0.4 is 33.3 Å². The molecule has 236 valence electrons. The first-order valence-electron chi connectivity index (χ1n) is 14.3. The van der Waals surface area contributed by atoms with Crippen LogP contribution in [-0.2, 0) is 26.0 Å². The number of benzene rings is 2. The minimum atomic E-state index is -4.21. The van der Waals surface area contributed by atoms with E-state index in [0.717, 1.165) is 55.7 Å². The Labute approximate surface area is 250 Å². The van der Waals surface area contributed by atoms with E-state index in [-0.39, 0.29) is 30.4 Å². The number of piperidine rings is 1. The lowest BCUT2D eigenvalue weighted by Gasteiger charge is -2.34. The molecule has 0 bridgehead atoms. The van der Waals surface area contributed by atoms with Gasteiger partial charge in [0, 0.05) is 30.9 Å². The van der Waals surface area contributed by atoms with Gasteiger partial charge in [0.05, 0.1) is 23.8 Å². The molecule has 2 aliphatic heterocycles. The molecule has 43 heavy (non-hydrogen) atoms. The van der Waals surface area contributed by atoms with Crippen molar-refractivity contribution in [2.45, 2.75) is 69.9 Å². The molecule has 2 aromatic rings. The highest BCUT2D eigenvalue weighted by atomic mass is 19.4. The fraction of sp³-hybridized carbons (Fsp3) is 0.517. The number of carbonyl (C=O) groups excluding carboxylic acids is 2. The normalized spacial score (nSPS) is 20.5. The number of nitrogens with two attached hydrogens (primary N) is 3. The van der Waals surface area contributed by atoms with Gasteiger partial charge in [-0.2, -0.15) is 13.2 Å². The zero-order chi connectivity index (χ0) is 31.9. The summed E-state index contributed by atoms with van der Waals surface area (Å²) in [5.41, 5.74) is 19.6. The van der Waals surface area contributed by atoms with E-state index < -0.39 is 30.5 Å². The minimum absolute atomic E-state index is 0.0854. The van der Waals surface area contributed by atoms with Crippen molar-refractivity contribution in [3.8, 4) is 0 Å². The first-order valence-corrected chi connectivity index (χ1v) is 14.3. The van der Waals surface area contributed by atoms with Crippen molar-refractivity contribution in [2.75, 3.05) is 31.5 Å². The summed E-state index contributed by atoms with van der Waals surface area (Å²) in [6.07, 6.45) is -2.13. The van der Waals surface area contributed by atoms with E-state index in [4.69, 9.17) is 21.9 Å². The van der Waals surface area contributed by atoms with Crippen LogP contribution in [0.2, 0.25) is 0 Å². The molecule has 0 aliphatic carbocycles. The molecule has 4 rings (SSSR count). The van der Waals surface area contributed by atoms with E-state index in [1.807, 2.05) is 19.9 Å². The van der Waals surface area contributed by atoms with Gasteiger partial charge in [-0.15, -0.1) is 0 Å². The molecule has 1 fully saturated rings. The van der Waals surface area contributed by atoms with Crippen molar-refractivity contribution >= 4 is 30.1 Å². The van der Waals surface area contributed by atoms with Crippen LogP contribution in [0.4, 0.5) is 18.9 Å². The number of carbonyl (C=O) groups is 2. The van der Waals surface area contributed by atoms with Gasteiger partial charge in [-0.05, 0) is 81.9 Å². The maximum atomic E-state index is 12.2. The van der Waals surface area contributed by atoms with E-state index in [1.54, 1.807) is 19.1 Å². The van der Waals surface area contributed by atoms with E-state index in [9.17, 15) is 27.8 Å². The highest BCUT2D eigenvalue weighted by Crippen LogP contribution is 2.31. The second kappa shape index (κ2) is 14.6. The van der Waals surface area contributed by atoms with Gasteiger partial charge in [-0.1, -0.05) is 23.8 Å². The predicted molar refractivity (Wildman–Crippen MR) is 160 cm³/mol. The molecule has 0 aromatic heterocycles. The molecule has 1 saturated heterocycles. The van der Waals surface area contributed by atoms with Crippen LogP contribution in [0.1, 0.15) is 49.8 Å². The Hall–Kier alpha value is -3.01. The van der Waals surface area contributed by atoms with Crippen LogP contribution in [0.3, 0.4) is 0 Å². The van der Waals surface area contributed by atoms with Crippen molar-refractivity contribution < 1.29 is 32.4 Å². The standard InChI is InChI=1S/C21H35BN6O4.C8H7F3/c1-21(2)16-6-5-15(9-17(16)22(31)32-21)27-19(29)10-26-20(30)18(25)4-3-7-28-11-13(23)8-14(24)12-28;1-6-2-4-7(5-3-6)8(9,10)11/h5-6,9,13-14,18,31H,3-4,7-8,10-12,23-25H2,1-2H3,(H,26,30)(H,27,29);2-5H,1H3. The Morgan fingerprint density at radius 1 is 1.14 bits per heavy atom. The smallest absolute Gasteiger partial charge is 0.423 e. The van der Waals surface area contributed by atoms with Crippen LogP contribution in [-0.4, -0.2) is 73.2 Å². The number of amides is 2. The van der Waals surface area contributed by atoms with Crippen LogP contribution in [0.25, 0.3) is 0 Å². The molecule has 10 nitrogen and oxygen atoms in total. The SMILES string of the molecule is CC1(C)OB(O)c2cc(NC(=O)CNC(=O)C(N)CCCN3CC(N)CC(N)C3)ccc21.Cc1ccc(C(F)(F)F)cc1. The summed E-state index contributed by atoms with van der Waals surface area (Å²) < 4.78 is 41.3. The predicted octanol–water partition coefficient (Wildman–Crippen LogP) is 1.18. The lowest BCUT2D eigenvalue weighted by atomic mass is 9.78. The van der Waals surface area contributed by atoms with Gasteiger partial charge in [-0.25, -0.2) is 0 Å². The second-order valence-electron chi connectivity index (χ2n) is 11.7. The zero-order valence-corrected chi connectivity index (χ0v) is 24.8. The van der Waals surface area contributed by atoms with Gasteiger partial charge >= 0.3 is 13.3 Å². The number of fused-ring (bicyclic) bond motifs is 1. The molecule has 0 saturated carbocycles. The number of hydrogen-bond donors (Lipinski definition) is 6. The summed E-state index contributed by atoms with van der Waals surface area (Å²) in [4.78, 5) is 26.7.